The molecule has 4 heteroatoms. The first-order valence-electron chi connectivity index (χ1n) is 5.17. The van der Waals surface area contributed by atoms with Crippen LogP contribution in [0.1, 0.15) is 24.7 Å². The summed E-state index contributed by atoms with van der Waals surface area (Å²) in [4.78, 5) is 4.22. The van der Waals surface area contributed by atoms with E-state index in [1.54, 1.807) is 12.1 Å². The maximum Gasteiger partial charge on any atom is 0.138 e. The van der Waals surface area contributed by atoms with Crippen molar-refractivity contribution in [2.45, 2.75) is 32.9 Å². The van der Waals surface area contributed by atoms with Crippen LogP contribution in [0.25, 0.3) is 0 Å². The van der Waals surface area contributed by atoms with Crippen LogP contribution in [-0.2, 0) is 6.54 Å². The largest absolute Gasteiger partial charge is 0.506 e. The van der Waals surface area contributed by atoms with Gasteiger partial charge in [0.25, 0.3) is 0 Å². The molecule has 1 aromatic rings. The van der Waals surface area contributed by atoms with Crippen molar-refractivity contribution in [3.63, 3.8) is 0 Å². The summed E-state index contributed by atoms with van der Waals surface area (Å²) in [5.74, 6) is 0.195. The van der Waals surface area contributed by atoms with E-state index < -0.39 is 0 Å². The number of aryl methyl sites for hydroxylation is 1. The number of aliphatic hydroxyl groups excluding tert-OH is 1. The topological polar surface area (TPSA) is 65.4 Å². The number of aromatic nitrogens is 1. The normalized spacial score (nSPS) is 12.7. The third-order valence-corrected chi connectivity index (χ3v) is 2.36. The fourth-order valence-electron chi connectivity index (χ4n) is 1.31. The Morgan fingerprint density at radius 2 is 2.20 bits per heavy atom. The van der Waals surface area contributed by atoms with Gasteiger partial charge < -0.3 is 15.5 Å². The predicted molar refractivity (Wildman–Crippen MR) is 58.6 cm³/mol. The highest BCUT2D eigenvalue weighted by atomic mass is 16.3. The Morgan fingerprint density at radius 1 is 1.47 bits per heavy atom. The van der Waals surface area contributed by atoms with E-state index in [1.807, 2.05) is 13.8 Å². The van der Waals surface area contributed by atoms with Gasteiger partial charge in [0.05, 0.1) is 12.3 Å². The van der Waals surface area contributed by atoms with E-state index in [0.29, 0.717) is 12.2 Å². The first kappa shape index (κ1) is 11.9. The van der Waals surface area contributed by atoms with Crippen LogP contribution in [-0.4, -0.2) is 27.8 Å². The van der Waals surface area contributed by atoms with Crippen LogP contribution in [0.15, 0.2) is 12.1 Å². The molecule has 15 heavy (non-hydrogen) atoms. The molecule has 1 aromatic heterocycles. The molecule has 0 radical (unpaired) electrons. The molecule has 84 valence electrons. The smallest absolute Gasteiger partial charge is 0.138 e. The summed E-state index contributed by atoms with van der Waals surface area (Å²) in [7, 11) is 0. The standard InChI is InChI=1S/C11H18N2O2/c1-3-9(7-14)12-6-10-11(15)5-4-8(2)13-10/h4-5,9,12,14-15H,3,6-7H2,1-2H3/t9-/m0/s1. The Hall–Kier alpha value is -1.13. The van der Waals surface area contributed by atoms with E-state index in [2.05, 4.69) is 10.3 Å². The van der Waals surface area contributed by atoms with Crippen LogP contribution in [0.4, 0.5) is 0 Å². The zero-order valence-corrected chi connectivity index (χ0v) is 9.20. The van der Waals surface area contributed by atoms with Crippen molar-refractivity contribution in [3.05, 3.63) is 23.5 Å². The average molecular weight is 210 g/mol. The van der Waals surface area contributed by atoms with Gasteiger partial charge in [-0.15, -0.1) is 0 Å². The van der Waals surface area contributed by atoms with E-state index in [9.17, 15) is 5.11 Å². The number of aliphatic hydroxyl groups is 1. The number of rotatable bonds is 5. The molecule has 0 fully saturated rings. The van der Waals surface area contributed by atoms with Crippen molar-refractivity contribution in [1.82, 2.24) is 10.3 Å². The third-order valence-electron chi connectivity index (χ3n) is 2.36. The Morgan fingerprint density at radius 3 is 2.80 bits per heavy atom. The summed E-state index contributed by atoms with van der Waals surface area (Å²) in [6.07, 6.45) is 0.850. The minimum atomic E-state index is 0.0618. The average Bonchev–Trinajstić information content (AvgIpc) is 2.24. The monoisotopic (exact) mass is 210 g/mol. The summed E-state index contributed by atoms with van der Waals surface area (Å²) in [6.45, 7) is 4.46. The lowest BCUT2D eigenvalue weighted by Crippen LogP contribution is -2.31. The Kier molecular flexibility index (Phi) is 4.52. The SMILES string of the molecule is CC[C@@H](CO)NCc1nc(C)ccc1O. The number of hydrogen-bond donors (Lipinski definition) is 3. The maximum atomic E-state index is 9.53. The molecule has 0 spiro atoms. The van der Waals surface area contributed by atoms with E-state index in [1.165, 1.54) is 0 Å². The highest BCUT2D eigenvalue weighted by Crippen LogP contribution is 2.14. The van der Waals surface area contributed by atoms with Gasteiger partial charge in [-0.25, -0.2) is 0 Å². The van der Waals surface area contributed by atoms with Crippen LogP contribution >= 0.6 is 0 Å². The molecule has 0 unspecified atom stereocenters. The second-order valence-corrected chi connectivity index (χ2v) is 3.59. The van der Waals surface area contributed by atoms with Gasteiger partial charge in [0.15, 0.2) is 0 Å². The van der Waals surface area contributed by atoms with Crippen molar-refractivity contribution < 1.29 is 10.2 Å². The Bertz CT molecular complexity index is 311. The van der Waals surface area contributed by atoms with Gasteiger partial charge in [-0.1, -0.05) is 6.92 Å². The van der Waals surface area contributed by atoms with E-state index in [0.717, 1.165) is 12.1 Å². The quantitative estimate of drug-likeness (QED) is 0.677. The molecule has 1 heterocycles. The molecular weight excluding hydrogens is 192 g/mol. The van der Waals surface area contributed by atoms with Crippen LogP contribution in [0, 0.1) is 6.92 Å². The fourth-order valence-corrected chi connectivity index (χ4v) is 1.31. The molecule has 3 N–H and O–H groups in total. The molecule has 0 saturated heterocycles. The molecule has 0 aromatic carbocycles. The number of hydrogen-bond acceptors (Lipinski definition) is 4. The zero-order chi connectivity index (χ0) is 11.3. The molecule has 0 amide bonds. The fraction of sp³-hybridized carbons (Fsp3) is 0.545. The lowest BCUT2D eigenvalue weighted by Gasteiger charge is -2.14. The van der Waals surface area contributed by atoms with Crippen LogP contribution in [0.3, 0.4) is 0 Å². The first-order valence-corrected chi connectivity index (χ1v) is 5.17. The van der Waals surface area contributed by atoms with E-state index in [4.69, 9.17) is 5.11 Å². The number of aromatic hydroxyl groups is 1. The van der Waals surface area contributed by atoms with Crippen molar-refractivity contribution in [2.75, 3.05) is 6.61 Å². The maximum absolute atomic E-state index is 9.53. The lowest BCUT2D eigenvalue weighted by atomic mass is 10.2. The summed E-state index contributed by atoms with van der Waals surface area (Å²) in [6, 6.07) is 3.47. The lowest BCUT2D eigenvalue weighted by molar-refractivity contribution is 0.237. The van der Waals surface area contributed by atoms with Crippen molar-refractivity contribution in [1.29, 1.82) is 0 Å². The number of pyridine rings is 1. The second kappa shape index (κ2) is 5.68. The van der Waals surface area contributed by atoms with Crippen molar-refractivity contribution in [2.24, 2.45) is 0 Å². The molecule has 0 aliphatic carbocycles. The van der Waals surface area contributed by atoms with Gasteiger partial charge in [0, 0.05) is 18.3 Å². The van der Waals surface area contributed by atoms with Crippen LogP contribution in [0.5, 0.6) is 5.75 Å². The molecule has 0 bridgehead atoms. The predicted octanol–water partition coefficient (Wildman–Crippen LogP) is 0.956. The van der Waals surface area contributed by atoms with Crippen molar-refractivity contribution >= 4 is 0 Å². The van der Waals surface area contributed by atoms with Gasteiger partial charge in [0.1, 0.15) is 5.75 Å². The van der Waals surface area contributed by atoms with Crippen molar-refractivity contribution in [3.8, 4) is 5.75 Å². The van der Waals surface area contributed by atoms with Gasteiger partial charge in [0.2, 0.25) is 0 Å². The Labute approximate surface area is 90.0 Å². The van der Waals surface area contributed by atoms with Gasteiger partial charge in [-0.2, -0.15) is 0 Å². The first-order chi connectivity index (χ1) is 7.17. The van der Waals surface area contributed by atoms with E-state index >= 15 is 0 Å². The van der Waals surface area contributed by atoms with Crippen LogP contribution < -0.4 is 5.32 Å². The third kappa shape index (κ3) is 3.49. The molecule has 1 atom stereocenters. The number of nitrogens with zero attached hydrogens (tertiary/aromatic N) is 1. The summed E-state index contributed by atoms with van der Waals surface area (Å²) in [5, 5.41) is 21.6. The number of nitrogens with one attached hydrogen (secondary N) is 1. The Balaban J connectivity index is 2.60. The highest BCUT2D eigenvalue weighted by molar-refractivity contribution is 5.27. The minimum absolute atomic E-state index is 0.0618. The zero-order valence-electron chi connectivity index (χ0n) is 9.20. The molecule has 4 nitrogen and oxygen atoms in total. The van der Waals surface area contributed by atoms with E-state index in [-0.39, 0.29) is 18.4 Å². The molecule has 1 rings (SSSR count). The van der Waals surface area contributed by atoms with Gasteiger partial charge >= 0.3 is 0 Å². The summed E-state index contributed by atoms with van der Waals surface area (Å²) >= 11 is 0. The second-order valence-electron chi connectivity index (χ2n) is 3.59. The molecule has 0 aliphatic rings. The highest BCUT2D eigenvalue weighted by Gasteiger charge is 2.07. The van der Waals surface area contributed by atoms with Gasteiger partial charge in [-0.05, 0) is 25.5 Å². The van der Waals surface area contributed by atoms with Gasteiger partial charge in [-0.3, -0.25) is 4.98 Å². The molecular formula is C11H18N2O2. The minimum Gasteiger partial charge on any atom is -0.506 e. The molecule has 0 saturated carbocycles. The van der Waals surface area contributed by atoms with Crippen LogP contribution in [0.2, 0.25) is 0 Å². The summed E-state index contributed by atoms with van der Waals surface area (Å²) in [5.41, 5.74) is 1.50. The summed E-state index contributed by atoms with van der Waals surface area (Å²) < 4.78 is 0. The molecule has 0 aliphatic heterocycles.